The van der Waals surface area contributed by atoms with Gasteiger partial charge >= 0.3 is 0 Å². The maximum absolute atomic E-state index is 6.53. The van der Waals surface area contributed by atoms with E-state index in [1.165, 1.54) is 77.9 Å². The molecule has 0 spiro atoms. The summed E-state index contributed by atoms with van der Waals surface area (Å²) in [7, 11) is 0. The molecular formula is C61H44N2O. The van der Waals surface area contributed by atoms with Crippen molar-refractivity contribution in [1.82, 2.24) is 4.57 Å². The van der Waals surface area contributed by atoms with Crippen LogP contribution < -0.4 is 4.90 Å². The van der Waals surface area contributed by atoms with Crippen molar-refractivity contribution >= 4 is 55.1 Å². The van der Waals surface area contributed by atoms with Crippen LogP contribution in [0.3, 0.4) is 0 Å². The normalized spacial score (nSPS) is 15.9. The zero-order valence-corrected chi connectivity index (χ0v) is 35.8. The van der Waals surface area contributed by atoms with Crippen molar-refractivity contribution in [1.29, 1.82) is 0 Å². The van der Waals surface area contributed by atoms with Crippen LogP contribution in [-0.4, -0.2) is 4.57 Å². The first kappa shape index (κ1) is 36.7. The van der Waals surface area contributed by atoms with Crippen LogP contribution in [-0.2, 0) is 5.41 Å². The van der Waals surface area contributed by atoms with Crippen molar-refractivity contribution in [2.75, 3.05) is 4.90 Å². The summed E-state index contributed by atoms with van der Waals surface area (Å²) in [5, 5.41) is 4.71. The van der Waals surface area contributed by atoms with Gasteiger partial charge in [0.2, 0.25) is 0 Å². The fourth-order valence-corrected chi connectivity index (χ4v) is 10.9. The van der Waals surface area contributed by atoms with E-state index in [0.717, 1.165) is 45.1 Å². The number of hydrogen-bond donors (Lipinski definition) is 0. The van der Waals surface area contributed by atoms with Crippen LogP contribution in [0.15, 0.2) is 228 Å². The number of para-hydroxylation sites is 4. The number of anilines is 2. The first-order valence-electron chi connectivity index (χ1n) is 22.4. The van der Waals surface area contributed by atoms with Gasteiger partial charge in [-0.05, 0) is 123 Å². The smallest absolute Gasteiger partial charge is 0.159 e. The first-order chi connectivity index (χ1) is 31.5. The number of fused-ring (bicyclic) bond motifs is 10. The van der Waals surface area contributed by atoms with Crippen molar-refractivity contribution in [2.24, 2.45) is 5.92 Å². The first-order valence-corrected chi connectivity index (χ1v) is 22.4. The van der Waals surface area contributed by atoms with Crippen molar-refractivity contribution in [3.8, 4) is 39.1 Å². The third-order valence-electron chi connectivity index (χ3n) is 14.1. The van der Waals surface area contributed by atoms with Crippen molar-refractivity contribution in [3.05, 3.63) is 235 Å². The zero-order valence-electron chi connectivity index (χ0n) is 35.8. The number of benzene rings is 8. The number of allylic oxidation sites excluding steroid dienone is 7. The second-order valence-electron chi connectivity index (χ2n) is 18.0. The molecule has 0 N–H and O–H groups in total. The Kier molecular flexibility index (Phi) is 8.08. The Morgan fingerprint density at radius 2 is 1.20 bits per heavy atom. The molecule has 3 heteroatoms. The van der Waals surface area contributed by atoms with Gasteiger partial charge in [-0.1, -0.05) is 159 Å². The topological polar surface area (TPSA) is 21.3 Å². The molecule has 10 aromatic rings. The van der Waals surface area contributed by atoms with Gasteiger partial charge in [-0.15, -0.1) is 0 Å². The minimum Gasteiger partial charge on any atom is -0.454 e. The number of nitrogens with zero attached hydrogens (tertiary/aromatic N) is 2. The molecule has 2 aromatic heterocycles. The molecule has 1 atom stereocenters. The summed E-state index contributed by atoms with van der Waals surface area (Å²) in [6, 6.07) is 64.5. The standard InChI is InChI=1S/C61H44N2O/c1-61(2)53-37-43(30-33-47(53)48-34-32-45(38-54(48)61)62(44-16-4-3-5-17-44)55-23-12-15-41-14-6-7-18-46(41)55)40-28-26-39(27-29-40)42-31-35-57-52(36-42)49-19-8-10-22-56(49)63(57)58-24-13-21-51-50-20-9-11-25-59(50)64-60(51)58/h3-14,16-38,41H,15H2,1-2H3. The molecule has 0 fully saturated rings. The molecule has 8 aromatic carbocycles. The van der Waals surface area contributed by atoms with E-state index in [4.69, 9.17) is 4.42 Å². The number of hydrogen-bond acceptors (Lipinski definition) is 2. The molecule has 0 saturated carbocycles. The second-order valence-corrected chi connectivity index (χ2v) is 18.0. The van der Waals surface area contributed by atoms with Crippen LogP contribution in [0.25, 0.3) is 82.8 Å². The molecule has 0 bridgehead atoms. The van der Waals surface area contributed by atoms with E-state index < -0.39 is 0 Å². The number of aromatic nitrogens is 1. The Bertz CT molecular complexity index is 3660. The van der Waals surface area contributed by atoms with Crippen molar-refractivity contribution in [3.63, 3.8) is 0 Å². The second kappa shape index (κ2) is 14.1. The van der Waals surface area contributed by atoms with Gasteiger partial charge in [0.05, 0.1) is 16.7 Å². The van der Waals surface area contributed by atoms with Gasteiger partial charge in [0.15, 0.2) is 5.58 Å². The lowest BCUT2D eigenvalue weighted by atomic mass is 9.81. The quantitative estimate of drug-likeness (QED) is 0.167. The maximum Gasteiger partial charge on any atom is 0.159 e. The van der Waals surface area contributed by atoms with E-state index in [-0.39, 0.29) is 5.41 Å². The minimum absolute atomic E-state index is 0.181. The highest BCUT2D eigenvalue weighted by Crippen LogP contribution is 2.52. The van der Waals surface area contributed by atoms with E-state index in [0.29, 0.717) is 5.92 Å². The third kappa shape index (κ3) is 5.53. The molecule has 1 unspecified atom stereocenters. The number of rotatable bonds is 6. The van der Waals surface area contributed by atoms with Gasteiger partial charge in [0.25, 0.3) is 0 Å². The predicted octanol–water partition coefficient (Wildman–Crippen LogP) is 16.4. The molecule has 2 heterocycles. The molecule has 3 aliphatic carbocycles. The van der Waals surface area contributed by atoms with E-state index in [2.05, 4.69) is 230 Å². The van der Waals surface area contributed by atoms with Gasteiger partial charge in [-0.3, -0.25) is 0 Å². The minimum atomic E-state index is -0.181. The summed E-state index contributed by atoms with van der Waals surface area (Å²) in [6.45, 7) is 4.77. The lowest BCUT2D eigenvalue weighted by Crippen LogP contribution is -2.22. The number of furan rings is 1. The average molecular weight is 821 g/mol. The highest BCUT2D eigenvalue weighted by Gasteiger charge is 2.37. The monoisotopic (exact) mass is 820 g/mol. The third-order valence-corrected chi connectivity index (χ3v) is 14.1. The average Bonchev–Trinajstić information content (AvgIpc) is 3.97. The molecule has 0 aliphatic heterocycles. The zero-order chi connectivity index (χ0) is 42.5. The molecule has 3 aliphatic rings. The molecule has 3 nitrogen and oxygen atoms in total. The molecule has 13 rings (SSSR count). The summed E-state index contributed by atoms with van der Waals surface area (Å²) in [5.74, 6) is 0.395. The van der Waals surface area contributed by atoms with Crippen LogP contribution in [0.1, 0.15) is 31.4 Å². The van der Waals surface area contributed by atoms with Gasteiger partial charge in [0.1, 0.15) is 5.58 Å². The highest BCUT2D eigenvalue weighted by atomic mass is 16.3. The molecule has 0 amide bonds. The molecule has 0 radical (unpaired) electrons. The van der Waals surface area contributed by atoms with Crippen LogP contribution >= 0.6 is 0 Å². The Morgan fingerprint density at radius 1 is 0.531 bits per heavy atom. The molecule has 64 heavy (non-hydrogen) atoms. The fourth-order valence-electron chi connectivity index (χ4n) is 10.9. The van der Waals surface area contributed by atoms with Crippen molar-refractivity contribution in [2.45, 2.75) is 25.7 Å². The van der Waals surface area contributed by atoms with Crippen LogP contribution in [0, 0.1) is 5.92 Å². The largest absolute Gasteiger partial charge is 0.454 e. The fraction of sp³-hybridized carbons (Fsp3) is 0.0820. The SMILES string of the molecule is CC1(C)c2cc(-c3ccc(-c4ccc5c(c4)c4ccccc4n5-c4cccc5c4oc4ccccc45)cc3)ccc2-c2ccc(N(C3=C4C=CC=CC4CC=C3)c3ccccc3)cc21. The van der Waals surface area contributed by atoms with E-state index >= 15 is 0 Å². The maximum atomic E-state index is 6.53. The molecule has 0 saturated heterocycles. The Labute approximate surface area is 372 Å². The van der Waals surface area contributed by atoms with Crippen LogP contribution in [0.5, 0.6) is 0 Å². The lowest BCUT2D eigenvalue weighted by Gasteiger charge is -2.33. The van der Waals surface area contributed by atoms with Crippen molar-refractivity contribution < 1.29 is 4.42 Å². The Hall–Kier alpha value is -7.88. The van der Waals surface area contributed by atoms with Gasteiger partial charge in [-0.25, -0.2) is 0 Å². The van der Waals surface area contributed by atoms with E-state index in [1.807, 2.05) is 6.07 Å². The predicted molar refractivity (Wildman–Crippen MR) is 268 cm³/mol. The Balaban J connectivity index is 0.841. The van der Waals surface area contributed by atoms with Crippen LogP contribution in [0.4, 0.5) is 11.4 Å². The summed E-state index contributed by atoms with van der Waals surface area (Å²) < 4.78 is 8.90. The van der Waals surface area contributed by atoms with Gasteiger partial charge < -0.3 is 13.9 Å². The summed E-state index contributed by atoms with van der Waals surface area (Å²) >= 11 is 0. The highest BCUT2D eigenvalue weighted by molar-refractivity contribution is 6.13. The molecular weight excluding hydrogens is 777 g/mol. The van der Waals surface area contributed by atoms with Gasteiger partial charge in [-0.2, -0.15) is 0 Å². The van der Waals surface area contributed by atoms with E-state index in [1.54, 1.807) is 0 Å². The Morgan fingerprint density at radius 3 is 2.05 bits per heavy atom. The molecule has 304 valence electrons. The van der Waals surface area contributed by atoms with E-state index in [9.17, 15) is 0 Å². The lowest BCUT2D eigenvalue weighted by molar-refractivity contribution is 0.660. The van der Waals surface area contributed by atoms with Gasteiger partial charge in [0, 0.05) is 49.9 Å². The summed E-state index contributed by atoms with van der Waals surface area (Å²) in [6.07, 6.45) is 14.7. The summed E-state index contributed by atoms with van der Waals surface area (Å²) in [5.41, 5.74) is 20.2. The summed E-state index contributed by atoms with van der Waals surface area (Å²) in [4.78, 5) is 2.45. The van der Waals surface area contributed by atoms with Crippen LogP contribution in [0.2, 0.25) is 0 Å².